The van der Waals surface area contributed by atoms with Gasteiger partial charge in [0.05, 0.1) is 0 Å². The fourth-order valence-electron chi connectivity index (χ4n) is 2.80. The Labute approximate surface area is 127 Å². The van der Waals surface area contributed by atoms with Gasteiger partial charge < -0.3 is 9.80 Å². The highest BCUT2D eigenvalue weighted by Gasteiger charge is 2.18. The van der Waals surface area contributed by atoms with Gasteiger partial charge >= 0.3 is 0 Å². The molecule has 120 valence electrons. The van der Waals surface area contributed by atoms with E-state index in [0.717, 1.165) is 0 Å². The van der Waals surface area contributed by atoms with Gasteiger partial charge in [-0.05, 0) is 62.7 Å². The first kappa shape index (κ1) is 18.0. The van der Waals surface area contributed by atoms with Gasteiger partial charge in [0.2, 0.25) is 0 Å². The van der Waals surface area contributed by atoms with Crippen molar-refractivity contribution < 1.29 is 0 Å². The van der Waals surface area contributed by atoms with Gasteiger partial charge in [0, 0.05) is 13.1 Å². The number of rotatable bonds is 5. The molecule has 1 aliphatic heterocycles. The molecule has 0 aromatic heterocycles. The Hall–Kier alpha value is -0.0800. The summed E-state index contributed by atoms with van der Waals surface area (Å²) in [5, 5.41) is 0. The average molecular weight is 283 g/mol. The van der Waals surface area contributed by atoms with Crippen LogP contribution in [0.1, 0.15) is 67.2 Å². The zero-order valence-electron chi connectivity index (χ0n) is 15.0. The summed E-state index contributed by atoms with van der Waals surface area (Å²) in [6, 6.07) is 0. The van der Waals surface area contributed by atoms with Crippen LogP contribution in [0.2, 0.25) is 0 Å². The van der Waals surface area contributed by atoms with Crippen molar-refractivity contribution in [2.24, 2.45) is 10.8 Å². The van der Waals surface area contributed by atoms with E-state index in [1.54, 1.807) is 0 Å². The third-order valence-electron chi connectivity index (χ3n) is 4.26. The normalized spacial score (nSPS) is 20.1. The molecular formula is C18H38N2. The second kappa shape index (κ2) is 7.79. The van der Waals surface area contributed by atoms with E-state index in [4.69, 9.17) is 0 Å². The highest BCUT2D eigenvalue weighted by Crippen LogP contribution is 2.21. The lowest BCUT2D eigenvalue weighted by atomic mass is 9.90. The number of hydrogen-bond donors (Lipinski definition) is 0. The van der Waals surface area contributed by atoms with Crippen molar-refractivity contribution in [3.05, 3.63) is 0 Å². The molecule has 0 N–H and O–H groups in total. The van der Waals surface area contributed by atoms with E-state index in [0.29, 0.717) is 10.8 Å². The lowest BCUT2D eigenvalue weighted by molar-refractivity contribution is 0.220. The molecule has 0 spiro atoms. The monoisotopic (exact) mass is 282 g/mol. The van der Waals surface area contributed by atoms with Crippen molar-refractivity contribution in [1.82, 2.24) is 9.80 Å². The molecule has 0 amide bonds. The summed E-state index contributed by atoms with van der Waals surface area (Å²) in [6.45, 7) is 21.8. The minimum atomic E-state index is 0.471. The molecule has 0 aliphatic carbocycles. The highest BCUT2D eigenvalue weighted by atomic mass is 15.2. The van der Waals surface area contributed by atoms with E-state index in [1.165, 1.54) is 65.0 Å². The Morgan fingerprint density at radius 1 is 0.650 bits per heavy atom. The summed E-state index contributed by atoms with van der Waals surface area (Å²) in [4.78, 5) is 5.36. The van der Waals surface area contributed by atoms with Crippen LogP contribution in [0.15, 0.2) is 0 Å². The van der Waals surface area contributed by atoms with E-state index in [-0.39, 0.29) is 0 Å². The molecule has 1 fully saturated rings. The molecule has 2 nitrogen and oxygen atoms in total. The van der Waals surface area contributed by atoms with Crippen molar-refractivity contribution in [1.29, 1.82) is 0 Å². The predicted octanol–water partition coefficient (Wildman–Crippen LogP) is 4.26. The standard InChI is InChI=1S/C18H38N2/c1-17(2,3)9-7-11-19-12-8-13-20(16-15-19)14-10-18(4,5)6/h7-16H2,1-6H3. The summed E-state index contributed by atoms with van der Waals surface area (Å²) in [6.07, 6.45) is 5.36. The topological polar surface area (TPSA) is 6.48 Å². The second-order valence-corrected chi connectivity index (χ2v) is 9.01. The second-order valence-electron chi connectivity index (χ2n) is 9.01. The first-order valence-corrected chi connectivity index (χ1v) is 8.60. The van der Waals surface area contributed by atoms with E-state index in [9.17, 15) is 0 Å². The van der Waals surface area contributed by atoms with Crippen LogP contribution in [-0.4, -0.2) is 49.1 Å². The van der Waals surface area contributed by atoms with Gasteiger partial charge in [-0.3, -0.25) is 0 Å². The molecular weight excluding hydrogens is 244 g/mol. The van der Waals surface area contributed by atoms with Crippen LogP contribution in [0.5, 0.6) is 0 Å². The van der Waals surface area contributed by atoms with Gasteiger partial charge in [-0.1, -0.05) is 41.5 Å². The van der Waals surface area contributed by atoms with Gasteiger partial charge in [0.15, 0.2) is 0 Å². The summed E-state index contributed by atoms with van der Waals surface area (Å²) >= 11 is 0. The SMILES string of the molecule is CC(C)(C)CCCN1CCCN(CCC(C)(C)C)CC1. The molecule has 0 aromatic rings. The summed E-state index contributed by atoms with van der Waals surface area (Å²) < 4.78 is 0. The minimum Gasteiger partial charge on any atom is -0.302 e. The van der Waals surface area contributed by atoms with E-state index in [1.807, 2.05) is 0 Å². The largest absolute Gasteiger partial charge is 0.302 e. The Morgan fingerprint density at radius 3 is 1.65 bits per heavy atom. The van der Waals surface area contributed by atoms with Gasteiger partial charge in [-0.25, -0.2) is 0 Å². The summed E-state index contributed by atoms with van der Waals surface area (Å²) in [5.74, 6) is 0. The van der Waals surface area contributed by atoms with Crippen LogP contribution in [0.3, 0.4) is 0 Å². The van der Waals surface area contributed by atoms with Crippen molar-refractivity contribution in [3.8, 4) is 0 Å². The van der Waals surface area contributed by atoms with Crippen LogP contribution in [0.25, 0.3) is 0 Å². The maximum Gasteiger partial charge on any atom is 0.0109 e. The third-order valence-corrected chi connectivity index (χ3v) is 4.26. The molecule has 1 saturated heterocycles. The van der Waals surface area contributed by atoms with Crippen molar-refractivity contribution >= 4 is 0 Å². The zero-order chi connectivity index (χ0) is 15.2. The zero-order valence-corrected chi connectivity index (χ0v) is 15.0. The van der Waals surface area contributed by atoms with Gasteiger partial charge in [-0.2, -0.15) is 0 Å². The van der Waals surface area contributed by atoms with Crippen molar-refractivity contribution in [3.63, 3.8) is 0 Å². The van der Waals surface area contributed by atoms with Gasteiger partial charge in [0.25, 0.3) is 0 Å². The first-order valence-electron chi connectivity index (χ1n) is 8.60. The van der Waals surface area contributed by atoms with Crippen LogP contribution in [0, 0.1) is 10.8 Å². The fraction of sp³-hybridized carbons (Fsp3) is 1.00. The molecule has 0 saturated carbocycles. The van der Waals surface area contributed by atoms with E-state index < -0.39 is 0 Å². The predicted molar refractivity (Wildman–Crippen MR) is 90.3 cm³/mol. The fourth-order valence-corrected chi connectivity index (χ4v) is 2.80. The van der Waals surface area contributed by atoms with Crippen LogP contribution >= 0.6 is 0 Å². The smallest absolute Gasteiger partial charge is 0.0109 e. The lowest BCUT2D eigenvalue weighted by Gasteiger charge is -2.26. The number of hydrogen-bond acceptors (Lipinski definition) is 2. The Kier molecular flexibility index (Phi) is 7.00. The Balaban J connectivity index is 2.22. The van der Waals surface area contributed by atoms with Gasteiger partial charge in [0.1, 0.15) is 0 Å². The molecule has 1 rings (SSSR count). The van der Waals surface area contributed by atoms with E-state index >= 15 is 0 Å². The number of nitrogens with zero attached hydrogens (tertiary/aromatic N) is 2. The maximum absolute atomic E-state index is 2.68. The molecule has 2 heteroatoms. The van der Waals surface area contributed by atoms with Gasteiger partial charge in [-0.15, -0.1) is 0 Å². The molecule has 0 aromatic carbocycles. The molecule has 0 unspecified atom stereocenters. The van der Waals surface area contributed by atoms with Crippen LogP contribution in [-0.2, 0) is 0 Å². The first-order chi connectivity index (χ1) is 9.16. The molecule has 0 atom stereocenters. The van der Waals surface area contributed by atoms with Crippen LogP contribution in [0.4, 0.5) is 0 Å². The third kappa shape index (κ3) is 8.97. The summed E-state index contributed by atoms with van der Waals surface area (Å²) in [5.41, 5.74) is 0.962. The highest BCUT2D eigenvalue weighted by molar-refractivity contribution is 4.73. The summed E-state index contributed by atoms with van der Waals surface area (Å²) in [7, 11) is 0. The van der Waals surface area contributed by atoms with E-state index in [2.05, 4.69) is 51.3 Å². The molecule has 1 heterocycles. The minimum absolute atomic E-state index is 0.471. The molecule has 0 radical (unpaired) electrons. The molecule has 1 aliphatic rings. The molecule has 20 heavy (non-hydrogen) atoms. The molecule has 0 bridgehead atoms. The Morgan fingerprint density at radius 2 is 1.15 bits per heavy atom. The van der Waals surface area contributed by atoms with Crippen molar-refractivity contribution in [2.45, 2.75) is 67.2 Å². The van der Waals surface area contributed by atoms with Crippen LogP contribution < -0.4 is 0 Å². The van der Waals surface area contributed by atoms with Crippen molar-refractivity contribution in [2.75, 3.05) is 39.3 Å². The average Bonchev–Trinajstić information content (AvgIpc) is 2.49. The quantitative estimate of drug-likeness (QED) is 0.743. The lowest BCUT2D eigenvalue weighted by Crippen LogP contribution is -2.33. The Bertz CT molecular complexity index is 260. The maximum atomic E-state index is 2.68.